The van der Waals surface area contributed by atoms with Gasteiger partial charge in [0.25, 0.3) is 0 Å². The highest BCUT2D eigenvalue weighted by Gasteiger charge is 2.30. The lowest BCUT2D eigenvalue weighted by atomic mass is 10.1. The van der Waals surface area contributed by atoms with E-state index in [4.69, 9.17) is 10.5 Å². The Balaban J connectivity index is 2.25. The number of carbonyl (C=O) groups is 3. The minimum atomic E-state index is -0.531. The van der Waals surface area contributed by atoms with Crippen LogP contribution in [0.2, 0.25) is 0 Å². The summed E-state index contributed by atoms with van der Waals surface area (Å²) in [6.45, 7) is 6.47. The van der Waals surface area contributed by atoms with Gasteiger partial charge in [-0.2, -0.15) is 0 Å². The van der Waals surface area contributed by atoms with E-state index in [-0.39, 0.29) is 5.91 Å². The zero-order valence-electron chi connectivity index (χ0n) is 13.7. The van der Waals surface area contributed by atoms with Crippen LogP contribution in [0.5, 0.6) is 0 Å². The van der Waals surface area contributed by atoms with Crippen LogP contribution < -0.4 is 11.1 Å². The van der Waals surface area contributed by atoms with Gasteiger partial charge in [-0.25, -0.2) is 4.79 Å². The first-order valence-electron chi connectivity index (χ1n) is 7.76. The summed E-state index contributed by atoms with van der Waals surface area (Å²) in [6, 6.07) is -0.531. The first-order valence-corrected chi connectivity index (χ1v) is 7.76. The zero-order chi connectivity index (χ0) is 16.8. The summed E-state index contributed by atoms with van der Waals surface area (Å²) in [5, 5.41) is 2.66. The van der Waals surface area contributed by atoms with Crippen molar-refractivity contribution in [1.82, 2.24) is 10.2 Å². The predicted molar refractivity (Wildman–Crippen MR) is 82.0 cm³/mol. The fourth-order valence-corrected chi connectivity index (χ4v) is 2.42. The molecule has 1 saturated heterocycles. The number of rotatable bonds is 7. The summed E-state index contributed by atoms with van der Waals surface area (Å²) in [5.74, 6) is -0.467. The van der Waals surface area contributed by atoms with Crippen LogP contribution in [0.15, 0.2) is 0 Å². The lowest BCUT2D eigenvalue weighted by Crippen LogP contribution is -2.45. The van der Waals surface area contributed by atoms with Gasteiger partial charge in [0.05, 0.1) is 0 Å². The Kier molecular flexibility index (Phi) is 6.64. The fraction of sp³-hybridized carbons (Fsp3) is 0.800. The normalized spacial score (nSPS) is 16.5. The molecule has 1 rings (SSSR count). The second-order valence-electron chi connectivity index (χ2n) is 6.53. The van der Waals surface area contributed by atoms with Gasteiger partial charge in [0.1, 0.15) is 11.6 Å². The largest absolute Gasteiger partial charge is 0.444 e. The van der Waals surface area contributed by atoms with Gasteiger partial charge in [-0.1, -0.05) is 0 Å². The fourth-order valence-electron chi connectivity index (χ4n) is 2.42. The van der Waals surface area contributed by atoms with Crippen LogP contribution in [0.1, 0.15) is 52.9 Å². The highest BCUT2D eigenvalue weighted by molar-refractivity contribution is 5.87. The molecule has 0 aromatic carbocycles. The Bertz CT molecular complexity index is 418. The quantitative estimate of drug-likeness (QED) is 0.688. The molecule has 0 bridgehead atoms. The van der Waals surface area contributed by atoms with Gasteiger partial charge in [-0.3, -0.25) is 9.59 Å². The number of nitrogens with two attached hydrogens (primary N) is 1. The molecule has 126 valence electrons. The topological polar surface area (TPSA) is 102 Å². The van der Waals surface area contributed by atoms with Gasteiger partial charge in [0.15, 0.2) is 0 Å². The molecule has 0 spiro atoms. The summed E-state index contributed by atoms with van der Waals surface area (Å²) in [7, 11) is 0. The summed E-state index contributed by atoms with van der Waals surface area (Å²) in [4.78, 5) is 36.2. The summed E-state index contributed by atoms with van der Waals surface area (Å²) < 4.78 is 5.12. The molecule has 0 aromatic rings. The van der Waals surface area contributed by atoms with Crippen molar-refractivity contribution in [2.24, 2.45) is 5.73 Å². The molecule has 0 aliphatic carbocycles. The van der Waals surface area contributed by atoms with Crippen molar-refractivity contribution in [3.8, 4) is 0 Å². The average molecular weight is 313 g/mol. The minimum absolute atomic E-state index is 0.00400. The molecule has 0 radical (unpaired) electrons. The molecule has 1 heterocycles. The molecule has 22 heavy (non-hydrogen) atoms. The second-order valence-corrected chi connectivity index (χ2v) is 6.53. The Morgan fingerprint density at radius 1 is 1.36 bits per heavy atom. The van der Waals surface area contributed by atoms with E-state index < -0.39 is 23.6 Å². The van der Waals surface area contributed by atoms with Crippen LogP contribution in [-0.2, 0) is 14.3 Å². The molecule has 0 saturated carbocycles. The summed E-state index contributed by atoms with van der Waals surface area (Å²) >= 11 is 0. The zero-order valence-corrected chi connectivity index (χ0v) is 13.7. The maximum absolute atomic E-state index is 11.7. The number of hydrogen-bond donors (Lipinski definition) is 2. The minimum Gasteiger partial charge on any atom is -0.444 e. The third-order valence-electron chi connectivity index (χ3n) is 3.39. The van der Waals surface area contributed by atoms with Gasteiger partial charge in [-0.05, 0) is 46.5 Å². The Morgan fingerprint density at radius 3 is 2.55 bits per heavy atom. The maximum atomic E-state index is 11.7. The van der Waals surface area contributed by atoms with Crippen molar-refractivity contribution in [2.45, 2.75) is 64.5 Å². The predicted octanol–water partition coefficient (Wildman–Crippen LogP) is 1.16. The van der Waals surface area contributed by atoms with Gasteiger partial charge < -0.3 is 20.7 Å². The first kappa shape index (κ1) is 18.3. The maximum Gasteiger partial charge on any atom is 0.407 e. The van der Waals surface area contributed by atoms with E-state index in [1.54, 1.807) is 25.7 Å². The number of likely N-dealkylation sites (tertiary alicyclic amines) is 1. The summed E-state index contributed by atoms with van der Waals surface area (Å²) in [5.41, 5.74) is 4.87. The average Bonchev–Trinajstić information content (AvgIpc) is 2.77. The number of hydrogen-bond acceptors (Lipinski definition) is 4. The van der Waals surface area contributed by atoms with E-state index in [2.05, 4.69) is 5.32 Å². The number of primary amides is 1. The highest BCUT2D eigenvalue weighted by atomic mass is 16.6. The number of nitrogens with one attached hydrogen (secondary N) is 1. The van der Waals surface area contributed by atoms with E-state index in [0.29, 0.717) is 38.8 Å². The molecular weight excluding hydrogens is 286 g/mol. The number of nitrogens with zero attached hydrogens (tertiary/aromatic N) is 1. The van der Waals surface area contributed by atoms with E-state index in [1.807, 2.05) is 0 Å². The second kappa shape index (κ2) is 8.00. The van der Waals surface area contributed by atoms with Crippen LogP contribution in [-0.4, -0.2) is 47.5 Å². The number of ether oxygens (including phenoxy) is 1. The molecule has 0 aromatic heterocycles. The van der Waals surface area contributed by atoms with Crippen LogP contribution in [0, 0.1) is 0 Å². The number of amides is 3. The van der Waals surface area contributed by atoms with E-state index in [0.717, 1.165) is 6.42 Å². The molecular formula is C15H27N3O4. The van der Waals surface area contributed by atoms with E-state index in [9.17, 15) is 14.4 Å². The third kappa shape index (κ3) is 6.32. The number of alkyl carbamates (subject to hydrolysis) is 1. The Labute approximate surface area is 131 Å². The van der Waals surface area contributed by atoms with E-state index in [1.165, 1.54) is 0 Å². The monoisotopic (exact) mass is 313 g/mol. The van der Waals surface area contributed by atoms with Crippen LogP contribution in [0.4, 0.5) is 4.79 Å². The van der Waals surface area contributed by atoms with Crippen LogP contribution >= 0.6 is 0 Å². The number of carbonyl (C=O) groups excluding carboxylic acids is 3. The third-order valence-corrected chi connectivity index (χ3v) is 3.39. The van der Waals surface area contributed by atoms with Crippen molar-refractivity contribution in [1.29, 1.82) is 0 Å². The van der Waals surface area contributed by atoms with Crippen LogP contribution in [0.3, 0.4) is 0 Å². The molecule has 3 N–H and O–H groups in total. The van der Waals surface area contributed by atoms with Gasteiger partial charge in [0, 0.05) is 19.5 Å². The molecule has 1 aliphatic rings. The first-order chi connectivity index (χ1) is 10.2. The summed E-state index contributed by atoms with van der Waals surface area (Å²) in [6.07, 6.45) is 2.75. The molecule has 1 atom stereocenters. The molecule has 1 fully saturated rings. The lowest BCUT2D eigenvalue weighted by Gasteiger charge is -2.25. The van der Waals surface area contributed by atoms with Gasteiger partial charge >= 0.3 is 6.09 Å². The van der Waals surface area contributed by atoms with Crippen molar-refractivity contribution in [3.05, 3.63) is 0 Å². The Hall–Kier alpha value is -1.79. The van der Waals surface area contributed by atoms with E-state index >= 15 is 0 Å². The van der Waals surface area contributed by atoms with Crippen molar-refractivity contribution >= 4 is 17.9 Å². The van der Waals surface area contributed by atoms with Gasteiger partial charge in [-0.15, -0.1) is 0 Å². The smallest absolute Gasteiger partial charge is 0.407 e. The molecule has 3 amide bonds. The SMILES string of the molecule is CC(C)(C)OC(=O)NCCCCC(C(N)=O)N1CCCC1=O. The number of unbranched alkanes of at least 4 members (excludes halogenated alkanes) is 1. The highest BCUT2D eigenvalue weighted by Crippen LogP contribution is 2.17. The molecule has 1 aliphatic heterocycles. The van der Waals surface area contributed by atoms with Crippen molar-refractivity contribution < 1.29 is 19.1 Å². The Morgan fingerprint density at radius 2 is 2.05 bits per heavy atom. The molecule has 1 unspecified atom stereocenters. The van der Waals surface area contributed by atoms with Crippen molar-refractivity contribution in [3.63, 3.8) is 0 Å². The van der Waals surface area contributed by atoms with Gasteiger partial charge in [0.2, 0.25) is 11.8 Å². The molecule has 7 nitrogen and oxygen atoms in total. The lowest BCUT2D eigenvalue weighted by molar-refractivity contribution is -0.136. The van der Waals surface area contributed by atoms with Crippen LogP contribution in [0.25, 0.3) is 0 Å². The molecule has 7 heteroatoms. The van der Waals surface area contributed by atoms with Crippen molar-refractivity contribution in [2.75, 3.05) is 13.1 Å². The standard InChI is InChI=1S/C15H27N3O4/c1-15(2,3)22-14(21)17-9-5-4-7-11(13(16)20)18-10-6-8-12(18)19/h11H,4-10H2,1-3H3,(H2,16,20)(H,17,21).